The summed E-state index contributed by atoms with van der Waals surface area (Å²) in [4.78, 5) is 30.3. The van der Waals surface area contributed by atoms with E-state index in [-0.39, 0.29) is 28.8 Å². The first-order valence-electron chi connectivity index (χ1n) is 8.84. The van der Waals surface area contributed by atoms with Crippen LogP contribution in [0.1, 0.15) is 5.82 Å². The van der Waals surface area contributed by atoms with Gasteiger partial charge in [-0.15, -0.1) is 0 Å². The van der Waals surface area contributed by atoms with E-state index in [0.29, 0.717) is 10.9 Å². The predicted octanol–water partition coefficient (Wildman–Crippen LogP) is 1.18. The molecule has 13 heteroatoms. The summed E-state index contributed by atoms with van der Waals surface area (Å²) in [5.74, 6) is -0.505. The van der Waals surface area contributed by atoms with Gasteiger partial charge in [-0.1, -0.05) is 12.1 Å². The van der Waals surface area contributed by atoms with E-state index in [1.165, 1.54) is 19.2 Å². The number of nitro benzene ring substituents is 1. The number of nitrogen functional groups attached to an aromatic ring is 1. The highest BCUT2D eigenvalue weighted by Gasteiger charge is 2.22. The summed E-state index contributed by atoms with van der Waals surface area (Å²) in [6, 6.07) is 10.4. The number of ether oxygens (including phenoxy) is 1. The van der Waals surface area contributed by atoms with Gasteiger partial charge < -0.3 is 15.8 Å². The molecule has 0 saturated heterocycles. The highest BCUT2D eigenvalue weighted by Crippen LogP contribution is 2.27. The molecule has 3 rings (SSSR count). The monoisotopic (exact) mass is 446 g/mol. The molecular formula is C18H18N6O6S. The summed E-state index contributed by atoms with van der Waals surface area (Å²) >= 11 is 0. The topological polar surface area (TPSA) is 179 Å². The number of hydrogen-bond acceptors (Lipinski definition) is 10. The van der Waals surface area contributed by atoms with Crippen LogP contribution in [0.3, 0.4) is 0 Å². The minimum atomic E-state index is -4.19. The molecule has 0 aliphatic rings. The molecule has 0 spiro atoms. The van der Waals surface area contributed by atoms with Gasteiger partial charge in [0.1, 0.15) is 18.1 Å². The molecule has 0 fully saturated rings. The molecule has 0 saturated carbocycles. The Hall–Kier alpha value is -3.84. The second-order valence-electron chi connectivity index (χ2n) is 6.21. The number of fused-ring (bicyclic) bond motifs is 1. The highest BCUT2D eigenvalue weighted by molar-refractivity contribution is 7.89. The Balaban J connectivity index is 1.64. The van der Waals surface area contributed by atoms with Crippen LogP contribution >= 0.6 is 0 Å². The maximum atomic E-state index is 12.4. The number of aromatic nitrogens is 2. The maximum absolute atomic E-state index is 12.4. The van der Waals surface area contributed by atoms with Crippen molar-refractivity contribution < 1.29 is 22.9 Å². The van der Waals surface area contributed by atoms with Gasteiger partial charge in [0.2, 0.25) is 10.0 Å². The standard InChI is InChI=1S/C18H18N6O6S/c1-20-14-7-6-11(8-15(14)24(26)27)31(28,29)21-9-17(25)30-10-16-22-13-5-3-2-4-12(13)18(19)23-16/h2-8,20-21H,9-10H2,1H3,(H2,19,22,23). The first-order chi connectivity index (χ1) is 14.7. The molecule has 1 aromatic heterocycles. The van der Waals surface area contributed by atoms with Crippen LogP contribution in [0, 0.1) is 10.1 Å². The van der Waals surface area contributed by atoms with E-state index in [2.05, 4.69) is 15.3 Å². The Labute approximate surface area is 176 Å². The molecule has 1 heterocycles. The number of para-hydroxylation sites is 1. The van der Waals surface area contributed by atoms with Crippen molar-refractivity contribution in [1.29, 1.82) is 0 Å². The number of carbonyl (C=O) groups excluding carboxylic acids is 1. The van der Waals surface area contributed by atoms with Crippen molar-refractivity contribution >= 4 is 44.1 Å². The van der Waals surface area contributed by atoms with Crippen LogP contribution in [0.2, 0.25) is 0 Å². The zero-order valence-corrected chi connectivity index (χ0v) is 17.0. The van der Waals surface area contributed by atoms with Crippen molar-refractivity contribution in [3.8, 4) is 0 Å². The van der Waals surface area contributed by atoms with Gasteiger partial charge in [-0.25, -0.2) is 18.4 Å². The molecule has 0 bridgehead atoms. The van der Waals surface area contributed by atoms with Gasteiger partial charge >= 0.3 is 5.97 Å². The Morgan fingerprint density at radius 2 is 1.97 bits per heavy atom. The number of anilines is 2. The zero-order valence-electron chi connectivity index (χ0n) is 16.2. The number of carbonyl (C=O) groups is 1. The van der Waals surface area contributed by atoms with Crippen molar-refractivity contribution in [3.05, 3.63) is 58.4 Å². The molecule has 162 valence electrons. The molecule has 0 aliphatic carbocycles. The fourth-order valence-electron chi connectivity index (χ4n) is 2.69. The number of nitrogens with zero attached hydrogens (tertiary/aromatic N) is 3. The lowest BCUT2D eigenvalue weighted by atomic mass is 10.2. The number of nitrogens with two attached hydrogens (primary N) is 1. The molecule has 12 nitrogen and oxygen atoms in total. The Morgan fingerprint density at radius 3 is 2.68 bits per heavy atom. The summed E-state index contributed by atoms with van der Waals surface area (Å²) in [5, 5.41) is 14.4. The number of benzene rings is 2. The van der Waals surface area contributed by atoms with Crippen LogP contribution in [0.25, 0.3) is 10.9 Å². The van der Waals surface area contributed by atoms with Crippen molar-refractivity contribution in [2.24, 2.45) is 0 Å². The summed E-state index contributed by atoms with van der Waals surface area (Å²) in [6.07, 6.45) is 0. The number of nitrogens with one attached hydrogen (secondary N) is 2. The molecule has 2 aromatic carbocycles. The van der Waals surface area contributed by atoms with Crippen molar-refractivity contribution in [2.45, 2.75) is 11.5 Å². The number of esters is 1. The van der Waals surface area contributed by atoms with E-state index in [1.54, 1.807) is 24.3 Å². The average Bonchev–Trinajstić information content (AvgIpc) is 2.75. The Morgan fingerprint density at radius 1 is 1.23 bits per heavy atom. The molecule has 0 atom stereocenters. The molecule has 4 N–H and O–H groups in total. The van der Waals surface area contributed by atoms with Gasteiger partial charge in [-0.05, 0) is 24.3 Å². The lowest BCUT2D eigenvalue weighted by molar-refractivity contribution is -0.384. The fraction of sp³-hybridized carbons (Fsp3) is 0.167. The predicted molar refractivity (Wildman–Crippen MR) is 112 cm³/mol. The summed E-state index contributed by atoms with van der Waals surface area (Å²) in [6.45, 7) is -0.995. The average molecular weight is 446 g/mol. The van der Waals surface area contributed by atoms with E-state index in [0.717, 1.165) is 6.07 Å². The smallest absolute Gasteiger partial charge is 0.321 e. The van der Waals surface area contributed by atoms with Gasteiger partial charge in [0, 0.05) is 18.5 Å². The third kappa shape index (κ3) is 5.02. The van der Waals surface area contributed by atoms with Crippen molar-refractivity contribution in [3.63, 3.8) is 0 Å². The molecular weight excluding hydrogens is 428 g/mol. The quantitative estimate of drug-likeness (QED) is 0.258. The normalized spacial score (nSPS) is 11.3. The lowest BCUT2D eigenvalue weighted by Gasteiger charge is -2.09. The Kier molecular flexibility index (Phi) is 6.27. The molecule has 0 amide bonds. The highest BCUT2D eigenvalue weighted by atomic mass is 32.2. The van der Waals surface area contributed by atoms with Crippen molar-refractivity contribution in [2.75, 3.05) is 24.6 Å². The second kappa shape index (κ2) is 8.89. The van der Waals surface area contributed by atoms with E-state index in [4.69, 9.17) is 10.5 Å². The number of nitro groups is 1. The molecule has 31 heavy (non-hydrogen) atoms. The second-order valence-corrected chi connectivity index (χ2v) is 7.98. The minimum Gasteiger partial charge on any atom is -0.456 e. The largest absolute Gasteiger partial charge is 0.456 e. The lowest BCUT2D eigenvalue weighted by Crippen LogP contribution is -2.30. The molecule has 0 aliphatic heterocycles. The van der Waals surface area contributed by atoms with Gasteiger partial charge in [-0.2, -0.15) is 4.72 Å². The van der Waals surface area contributed by atoms with Gasteiger partial charge in [0.25, 0.3) is 5.69 Å². The van der Waals surface area contributed by atoms with E-state index < -0.39 is 33.1 Å². The molecule has 0 unspecified atom stereocenters. The SMILES string of the molecule is CNc1ccc(S(=O)(=O)NCC(=O)OCc2nc(N)c3ccccc3n2)cc1[N+](=O)[O-]. The van der Waals surface area contributed by atoms with Crippen LogP contribution in [-0.4, -0.2) is 42.9 Å². The van der Waals surface area contributed by atoms with Crippen LogP contribution in [-0.2, 0) is 26.2 Å². The van der Waals surface area contributed by atoms with E-state index in [9.17, 15) is 23.3 Å². The zero-order chi connectivity index (χ0) is 22.6. The van der Waals surface area contributed by atoms with Gasteiger partial charge in [-0.3, -0.25) is 14.9 Å². The molecule has 3 aromatic rings. The van der Waals surface area contributed by atoms with Crippen LogP contribution in [0.4, 0.5) is 17.2 Å². The fourth-order valence-corrected chi connectivity index (χ4v) is 3.68. The third-order valence-corrected chi connectivity index (χ3v) is 5.59. The van der Waals surface area contributed by atoms with Crippen molar-refractivity contribution in [1.82, 2.24) is 14.7 Å². The molecule has 0 radical (unpaired) electrons. The number of sulfonamides is 1. The van der Waals surface area contributed by atoms with Crippen LogP contribution in [0.5, 0.6) is 0 Å². The van der Waals surface area contributed by atoms with Gasteiger partial charge in [0.15, 0.2) is 12.4 Å². The number of rotatable bonds is 8. The summed E-state index contributed by atoms with van der Waals surface area (Å²) in [5.41, 5.74) is 6.17. The summed E-state index contributed by atoms with van der Waals surface area (Å²) < 4.78 is 31.8. The van der Waals surface area contributed by atoms with Crippen LogP contribution < -0.4 is 15.8 Å². The Bertz CT molecular complexity index is 1260. The maximum Gasteiger partial charge on any atom is 0.321 e. The first kappa shape index (κ1) is 21.9. The first-order valence-corrected chi connectivity index (χ1v) is 10.3. The number of hydrogen-bond donors (Lipinski definition) is 3. The summed E-state index contributed by atoms with van der Waals surface area (Å²) in [7, 11) is -2.72. The van der Waals surface area contributed by atoms with E-state index in [1.807, 2.05) is 4.72 Å². The van der Waals surface area contributed by atoms with Crippen LogP contribution in [0.15, 0.2) is 47.4 Å². The van der Waals surface area contributed by atoms with Gasteiger partial charge in [0.05, 0.1) is 15.3 Å². The third-order valence-electron chi connectivity index (χ3n) is 4.19. The minimum absolute atomic E-state index is 0.151. The van der Waals surface area contributed by atoms with E-state index >= 15 is 0 Å².